The first-order chi connectivity index (χ1) is 22.0. The first-order valence-corrected chi connectivity index (χ1v) is 19.4. The number of carbonyl (C=O) groups excluding carboxylic acids is 1. The van der Waals surface area contributed by atoms with Crippen LogP contribution in [0, 0.1) is 0 Å². The molecule has 0 saturated carbocycles. The number of benzene rings is 3. The average Bonchev–Trinajstić information content (AvgIpc) is 3.49. The second-order valence-corrected chi connectivity index (χ2v) is 18.5. The Morgan fingerprint density at radius 1 is 0.913 bits per heavy atom. The Kier molecular flexibility index (Phi) is 10.5. The summed E-state index contributed by atoms with van der Waals surface area (Å²) in [5.74, 6) is -0.231. The average molecular weight is 636 g/mol. The van der Waals surface area contributed by atoms with Gasteiger partial charge >= 0.3 is 5.97 Å². The minimum atomic E-state index is -2.06. The van der Waals surface area contributed by atoms with E-state index in [4.69, 9.17) is 9.16 Å². The number of esters is 1. The lowest BCUT2D eigenvalue weighted by molar-refractivity contribution is -0.142. The molecule has 1 saturated heterocycles. The van der Waals surface area contributed by atoms with Crippen molar-refractivity contribution < 1.29 is 14.0 Å². The van der Waals surface area contributed by atoms with Crippen LogP contribution >= 0.6 is 0 Å². The topological polar surface area (TPSA) is 56.6 Å². The predicted octanol–water partition coefficient (Wildman–Crippen LogP) is 8.00. The Bertz CT molecular complexity index is 1500. The first kappa shape index (κ1) is 33.6. The molecule has 1 unspecified atom stereocenters. The SMILES string of the molecule is CCOC(=O)Cc1cnn(C/C=C2\CN(C(c3ccccc3)(c3ccccc3)c3ccccc3)CCC2O[Si](C)(C)C(C)(C)C)c1. The van der Waals surface area contributed by atoms with E-state index in [1.54, 1.807) is 6.20 Å². The molecule has 3 aromatic carbocycles. The summed E-state index contributed by atoms with van der Waals surface area (Å²) in [6.45, 7) is 16.0. The summed E-state index contributed by atoms with van der Waals surface area (Å²) >= 11 is 0. The number of ether oxygens (including phenoxy) is 1. The number of allylic oxidation sites excluding steroid dienone is 1. The summed E-state index contributed by atoms with van der Waals surface area (Å²) in [4.78, 5) is 14.7. The highest BCUT2D eigenvalue weighted by Crippen LogP contribution is 2.45. The van der Waals surface area contributed by atoms with Gasteiger partial charge in [-0.2, -0.15) is 5.10 Å². The molecule has 0 radical (unpaired) electrons. The Morgan fingerprint density at radius 2 is 1.46 bits per heavy atom. The van der Waals surface area contributed by atoms with E-state index < -0.39 is 13.9 Å². The van der Waals surface area contributed by atoms with Gasteiger partial charge in [-0.3, -0.25) is 14.4 Å². The van der Waals surface area contributed by atoms with Gasteiger partial charge in [-0.15, -0.1) is 0 Å². The molecule has 0 amide bonds. The van der Waals surface area contributed by atoms with Crippen LogP contribution in [0.15, 0.2) is 115 Å². The maximum Gasteiger partial charge on any atom is 0.310 e. The van der Waals surface area contributed by atoms with Crippen molar-refractivity contribution in [3.8, 4) is 0 Å². The molecule has 7 heteroatoms. The van der Waals surface area contributed by atoms with E-state index in [2.05, 4.69) is 141 Å². The number of likely N-dealkylation sites (tertiary alicyclic amines) is 1. The zero-order valence-electron chi connectivity index (χ0n) is 28.3. The molecule has 1 aliphatic heterocycles. The van der Waals surface area contributed by atoms with Crippen molar-refractivity contribution in [3.05, 3.63) is 137 Å². The lowest BCUT2D eigenvalue weighted by atomic mass is 9.74. The van der Waals surface area contributed by atoms with E-state index >= 15 is 0 Å². The van der Waals surface area contributed by atoms with Crippen LogP contribution in [0.25, 0.3) is 0 Å². The molecule has 5 rings (SSSR count). The number of aromatic nitrogens is 2. The van der Waals surface area contributed by atoms with Gasteiger partial charge in [-0.1, -0.05) is 118 Å². The molecular formula is C39H49N3O3Si. The Hall–Kier alpha value is -3.78. The molecular weight excluding hydrogens is 587 g/mol. The van der Waals surface area contributed by atoms with Crippen LogP contribution in [0.5, 0.6) is 0 Å². The summed E-state index contributed by atoms with van der Waals surface area (Å²) in [7, 11) is -2.06. The van der Waals surface area contributed by atoms with Crippen LogP contribution in [-0.4, -0.2) is 54.8 Å². The zero-order valence-corrected chi connectivity index (χ0v) is 29.3. The van der Waals surface area contributed by atoms with E-state index in [0.717, 1.165) is 25.1 Å². The monoisotopic (exact) mass is 635 g/mol. The number of nitrogens with zero attached hydrogens (tertiary/aromatic N) is 3. The molecule has 2 heterocycles. The number of rotatable bonds is 11. The molecule has 0 N–H and O–H groups in total. The van der Waals surface area contributed by atoms with Gasteiger partial charge in [0, 0.05) is 24.8 Å². The molecule has 0 aliphatic carbocycles. The van der Waals surface area contributed by atoms with Crippen molar-refractivity contribution in [2.24, 2.45) is 0 Å². The Balaban J connectivity index is 1.57. The van der Waals surface area contributed by atoms with Gasteiger partial charge in [0.15, 0.2) is 8.32 Å². The van der Waals surface area contributed by atoms with Crippen LogP contribution < -0.4 is 0 Å². The maximum absolute atomic E-state index is 12.1. The minimum Gasteiger partial charge on any atom is -0.466 e. The summed E-state index contributed by atoms with van der Waals surface area (Å²) in [5, 5.41) is 4.68. The van der Waals surface area contributed by atoms with Crippen molar-refractivity contribution >= 4 is 14.3 Å². The molecule has 1 aliphatic rings. The second-order valence-electron chi connectivity index (χ2n) is 13.7. The van der Waals surface area contributed by atoms with Gasteiger partial charge in [0.2, 0.25) is 0 Å². The van der Waals surface area contributed by atoms with E-state index in [1.807, 2.05) is 17.8 Å². The van der Waals surface area contributed by atoms with Gasteiger partial charge in [-0.25, -0.2) is 0 Å². The fourth-order valence-electron chi connectivity index (χ4n) is 6.28. The highest BCUT2D eigenvalue weighted by molar-refractivity contribution is 6.74. The molecule has 46 heavy (non-hydrogen) atoms. The molecule has 4 aromatic rings. The van der Waals surface area contributed by atoms with Crippen LogP contribution in [0.4, 0.5) is 0 Å². The lowest BCUT2D eigenvalue weighted by Gasteiger charge is -2.50. The number of hydrogen-bond donors (Lipinski definition) is 0. The van der Waals surface area contributed by atoms with E-state index in [1.165, 1.54) is 22.3 Å². The van der Waals surface area contributed by atoms with Gasteiger partial charge in [0.1, 0.15) is 0 Å². The number of carbonyl (C=O) groups is 1. The Morgan fingerprint density at radius 3 is 1.96 bits per heavy atom. The van der Waals surface area contributed by atoms with Crippen LogP contribution in [0.2, 0.25) is 18.1 Å². The van der Waals surface area contributed by atoms with Gasteiger partial charge in [0.05, 0.1) is 37.4 Å². The molecule has 1 atom stereocenters. The summed E-state index contributed by atoms with van der Waals surface area (Å²) < 4.78 is 14.2. The molecule has 1 aromatic heterocycles. The molecule has 242 valence electrons. The molecule has 1 fully saturated rings. The van der Waals surface area contributed by atoms with E-state index in [9.17, 15) is 4.79 Å². The minimum absolute atomic E-state index is 0.0201. The van der Waals surface area contributed by atoms with Crippen LogP contribution in [0.3, 0.4) is 0 Å². The maximum atomic E-state index is 12.1. The van der Waals surface area contributed by atoms with E-state index in [0.29, 0.717) is 13.2 Å². The second kappa shape index (κ2) is 14.3. The van der Waals surface area contributed by atoms with E-state index in [-0.39, 0.29) is 23.5 Å². The quantitative estimate of drug-likeness (QED) is 0.0724. The standard InChI is InChI=1S/C39H49N3O3Si/c1-7-44-37(43)27-31-28-40-42(29-31)26-23-32-30-41(25-24-36(32)45-46(5,6)38(2,3)4)39(33-17-11-8-12-18-33,34-19-13-9-14-20-34)35-21-15-10-16-22-35/h8-23,28-29,36H,7,24-27,30H2,1-6H3/b32-23+. The molecule has 0 bridgehead atoms. The summed E-state index contributed by atoms with van der Waals surface area (Å²) in [6.07, 6.45) is 7.14. The number of hydrogen-bond acceptors (Lipinski definition) is 5. The normalized spacial score (nSPS) is 17.3. The highest BCUT2D eigenvalue weighted by atomic mass is 28.4. The van der Waals surface area contributed by atoms with Crippen LogP contribution in [0.1, 0.15) is 56.4 Å². The fourth-order valence-corrected chi connectivity index (χ4v) is 7.62. The van der Waals surface area contributed by atoms with Crippen molar-refractivity contribution in [3.63, 3.8) is 0 Å². The fraction of sp³-hybridized carbons (Fsp3) is 0.385. The summed E-state index contributed by atoms with van der Waals surface area (Å²) in [5.41, 5.74) is 5.35. The van der Waals surface area contributed by atoms with Crippen LogP contribution in [-0.2, 0) is 32.5 Å². The first-order valence-electron chi connectivity index (χ1n) is 16.5. The summed E-state index contributed by atoms with van der Waals surface area (Å²) in [6, 6.07) is 32.7. The third-order valence-corrected chi connectivity index (χ3v) is 14.1. The number of piperidine rings is 1. The van der Waals surface area contributed by atoms with Crippen molar-refractivity contribution in [2.45, 2.75) is 76.9 Å². The highest BCUT2D eigenvalue weighted by Gasteiger charge is 2.46. The van der Waals surface area contributed by atoms with Crippen molar-refractivity contribution in [2.75, 3.05) is 19.7 Å². The molecule has 6 nitrogen and oxygen atoms in total. The zero-order chi connectivity index (χ0) is 32.8. The smallest absolute Gasteiger partial charge is 0.310 e. The van der Waals surface area contributed by atoms with Gasteiger partial charge in [-0.05, 0) is 53.7 Å². The molecule has 0 spiro atoms. The largest absolute Gasteiger partial charge is 0.466 e. The lowest BCUT2D eigenvalue weighted by Crippen LogP contribution is -2.55. The van der Waals surface area contributed by atoms with Gasteiger partial charge < -0.3 is 9.16 Å². The van der Waals surface area contributed by atoms with Gasteiger partial charge in [0.25, 0.3) is 0 Å². The third kappa shape index (κ3) is 7.27. The predicted molar refractivity (Wildman–Crippen MR) is 188 cm³/mol. The Labute approximate surface area is 276 Å². The third-order valence-electron chi connectivity index (χ3n) is 9.62. The van der Waals surface area contributed by atoms with Crippen molar-refractivity contribution in [1.29, 1.82) is 0 Å². The van der Waals surface area contributed by atoms with Crippen molar-refractivity contribution in [1.82, 2.24) is 14.7 Å².